The quantitative estimate of drug-likeness (QED) is 0.895. The predicted molar refractivity (Wildman–Crippen MR) is 97.4 cm³/mol. The minimum absolute atomic E-state index is 0.328. The highest BCUT2D eigenvalue weighted by Gasteiger charge is 2.24. The molecular formula is C17H20ClN3O2S. The highest BCUT2D eigenvalue weighted by Crippen LogP contribution is 2.30. The molecule has 2 aromatic rings. The van der Waals surface area contributed by atoms with E-state index in [1.807, 2.05) is 37.3 Å². The summed E-state index contributed by atoms with van der Waals surface area (Å²) in [6.07, 6.45) is 2.88. The van der Waals surface area contributed by atoms with Crippen LogP contribution in [0.1, 0.15) is 25.0 Å². The molecule has 1 N–H and O–H groups in total. The van der Waals surface area contributed by atoms with Gasteiger partial charge < -0.3 is 0 Å². The topological polar surface area (TPSA) is 62.3 Å². The van der Waals surface area contributed by atoms with Crippen LogP contribution in [0.4, 0.5) is 5.82 Å². The van der Waals surface area contributed by atoms with E-state index in [0.717, 1.165) is 36.1 Å². The summed E-state index contributed by atoms with van der Waals surface area (Å²) in [4.78, 5) is 4.40. The predicted octanol–water partition coefficient (Wildman–Crippen LogP) is 3.85. The fourth-order valence-corrected chi connectivity index (χ4v) is 4.37. The number of piperidine rings is 1. The van der Waals surface area contributed by atoms with Gasteiger partial charge in [-0.1, -0.05) is 36.2 Å². The van der Waals surface area contributed by atoms with Gasteiger partial charge in [-0.3, -0.25) is 4.72 Å². The minimum atomic E-state index is -3.54. The molecular weight excluding hydrogens is 346 g/mol. The normalized spacial score (nSPS) is 16.1. The Kier molecular flexibility index (Phi) is 5.08. The minimum Gasteiger partial charge on any atom is -0.254 e. The monoisotopic (exact) mass is 365 g/mol. The lowest BCUT2D eigenvalue weighted by atomic mass is 10.0. The van der Waals surface area contributed by atoms with Crippen LogP contribution < -0.4 is 4.72 Å². The third-order valence-corrected chi connectivity index (χ3v) is 5.98. The van der Waals surface area contributed by atoms with Gasteiger partial charge in [0.15, 0.2) is 0 Å². The number of pyridine rings is 1. The maximum absolute atomic E-state index is 12.4. The number of benzene rings is 1. The summed E-state index contributed by atoms with van der Waals surface area (Å²) in [5.41, 5.74) is 2.50. The lowest BCUT2D eigenvalue weighted by Gasteiger charge is -2.26. The summed E-state index contributed by atoms with van der Waals surface area (Å²) in [5.74, 6) is 0.328. The van der Waals surface area contributed by atoms with E-state index in [0.29, 0.717) is 23.9 Å². The van der Waals surface area contributed by atoms with Crippen LogP contribution in [-0.4, -0.2) is 30.8 Å². The standard InChI is InChI=1S/C17H20ClN3O2S/c1-13-14(15-7-3-4-8-16(15)18)9-10-17(19-13)20-24(22,23)21-11-5-2-6-12-21/h3-4,7-10H,2,5-6,11-12H2,1H3,(H,19,20). The Balaban J connectivity index is 1.84. The highest BCUT2D eigenvalue weighted by atomic mass is 35.5. The maximum Gasteiger partial charge on any atom is 0.302 e. The van der Waals surface area contributed by atoms with Gasteiger partial charge in [-0.2, -0.15) is 12.7 Å². The van der Waals surface area contributed by atoms with Crippen LogP contribution >= 0.6 is 11.6 Å². The molecule has 24 heavy (non-hydrogen) atoms. The van der Waals surface area contributed by atoms with Crippen molar-refractivity contribution < 1.29 is 8.42 Å². The van der Waals surface area contributed by atoms with E-state index in [-0.39, 0.29) is 0 Å². The van der Waals surface area contributed by atoms with Crippen molar-refractivity contribution in [1.82, 2.24) is 9.29 Å². The largest absolute Gasteiger partial charge is 0.302 e. The van der Waals surface area contributed by atoms with Crippen LogP contribution in [0, 0.1) is 6.92 Å². The Morgan fingerprint density at radius 1 is 1.04 bits per heavy atom. The first kappa shape index (κ1) is 17.2. The van der Waals surface area contributed by atoms with Gasteiger partial charge in [0.2, 0.25) is 0 Å². The summed E-state index contributed by atoms with van der Waals surface area (Å²) in [6, 6.07) is 11.0. The molecule has 1 saturated heterocycles. The number of anilines is 1. The van der Waals surface area contributed by atoms with Crippen molar-refractivity contribution in [3.05, 3.63) is 47.1 Å². The molecule has 7 heteroatoms. The molecule has 1 aliphatic heterocycles. The van der Waals surface area contributed by atoms with Crippen LogP contribution in [0.5, 0.6) is 0 Å². The Morgan fingerprint density at radius 2 is 1.75 bits per heavy atom. The van der Waals surface area contributed by atoms with Crippen LogP contribution in [-0.2, 0) is 10.2 Å². The third-order valence-electron chi connectivity index (χ3n) is 4.14. The molecule has 3 rings (SSSR count). The van der Waals surface area contributed by atoms with Gasteiger partial charge >= 0.3 is 10.2 Å². The van der Waals surface area contributed by atoms with Gasteiger partial charge in [-0.05, 0) is 38.0 Å². The Hall–Kier alpha value is -1.63. The number of aromatic nitrogens is 1. The van der Waals surface area contributed by atoms with Crippen LogP contribution in [0.3, 0.4) is 0 Å². The Morgan fingerprint density at radius 3 is 2.42 bits per heavy atom. The third kappa shape index (κ3) is 3.71. The van der Waals surface area contributed by atoms with Crippen LogP contribution in [0.15, 0.2) is 36.4 Å². The molecule has 0 unspecified atom stereocenters. The number of nitrogens with zero attached hydrogens (tertiary/aromatic N) is 2. The summed E-state index contributed by atoms with van der Waals surface area (Å²) in [7, 11) is -3.54. The van der Waals surface area contributed by atoms with Gasteiger partial charge in [0.05, 0.1) is 0 Å². The second-order valence-corrected chi connectivity index (χ2v) is 7.95. The van der Waals surface area contributed by atoms with Crippen molar-refractivity contribution in [2.24, 2.45) is 0 Å². The van der Waals surface area contributed by atoms with Crippen molar-refractivity contribution in [1.29, 1.82) is 0 Å². The van der Waals surface area contributed by atoms with Gasteiger partial charge in [-0.15, -0.1) is 0 Å². The number of aryl methyl sites for hydroxylation is 1. The molecule has 0 bridgehead atoms. The van der Waals surface area contributed by atoms with E-state index in [2.05, 4.69) is 9.71 Å². The first-order valence-electron chi connectivity index (χ1n) is 7.98. The molecule has 1 aliphatic rings. The van der Waals surface area contributed by atoms with E-state index in [9.17, 15) is 8.42 Å². The highest BCUT2D eigenvalue weighted by molar-refractivity contribution is 7.90. The average molecular weight is 366 g/mol. The van der Waals surface area contributed by atoms with E-state index in [4.69, 9.17) is 11.6 Å². The van der Waals surface area contributed by atoms with Gasteiger partial charge in [0.25, 0.3) is 0 Å². The first-order chi connectivity index (χ1) is 11.5. The SMILES string of the molecule is Cc1nc(NS(=O)(=O)N2CCCCC2)ccc1-c1ccccc1Cl. The molecule has 5 nitrogen and oxygen atoms in total. The van der Waals surface area contributed by atoms with E-state index in [1.54, 1.807) is 6.07 Å². The number of nitrogens with one attached hydrogen (secondary N) is 1. The zero-order chi connectivity index (χ0) is 17.2. The number of halogens is 1. The summed E-state index contributed by atoms with van der Waals surface area (Å²) in [5, 5.41) is 0.643. The van der Waals surface area contributed by atoms with E-state index < -0.39 is 10.2 Å². The number of hydrogen-bond donors (Lipinski definition) is 1. The second-order valence-electron chi connectivity index (χ2n) is 5.88. The molecule has 0 saturated carbocycles. The van der Waals surface area contributed by atoms with Gasteiger partial charge in [0, 0.05) is 34.9 Å². The van der Waals surface area contributed by atoms with Crippen molar-refractivity contribution in [2.75, 3.05) is 17.8 Å². The zero-order valence-corrected chi connectivity index (χ0v) is 15.1. The van der Waals surface area contributed by atoms with Crippen molar-refractivity contribution in [2.45, 2.75) is 26.2 Å². The summed E-state index contributed by atoms with van der Waals surface area (Å²) >= 11 is 6.23. The van der Waals surface area contributed by atoms with Crippen molar-refractivity contribution in [3.63, 3.8) is 0 Å². The van der Waals surface area contributed by atoms with E-state index in [1.165, 1.54) is 4.31 Å². The zero-order valence-electron chi connectivity index (χ0n) is 13.5. The molecule has 0 aliphatic carbocycles. The maximum atomic E-state index is 12.4. The fraction of sp³-hybridized carbons (Fsp3) is 0.353. The molecule has 0 atom stereocenters. The molecule has 0 amide bonds. The summed E-state index contributed by atoms with van der Waals surface area (Å²) < 4.78 is 28.9. The lowest BCUT2D eigenvalue weighted by Crippen LogP contribution is -2.39. The molecule has 0 radical (unpaired) electrons. The van der Waals surface area contributed by atoms with Crippen molar-refractivity contribution in [3.8, 4) is 11.1 Å². The second kappa shape index (κ2) is 7.09. The fourth-order valence-electron chi connectivity index (χ4n) is 2.88. The number of rotatable bonds is 4. The lowest BCUT2D eigenvalue weighted by molar-refractivity contribution is 0.349. The molecule has 2 heterocycles. The first-order valence-corrected chi connectivity index (χ1v) is 9.79. The smallest absolute Gasteiger partial charge is 0.254 e. The van der Waals surface area contributed by atoms with Gasteiger partial charge in [-0.25, -0.2) is 4.98 Å². The average Bonchev–Trinajstić information content (AvgIpc) is 2.56. The Labute approximate surface area is 147 Å². The molecule has 1 aromatic carbocycles. The molecule has 0 spiro atoms. The Bertz CT molecular complexity index is 833. The van der Waals surface area contributed by atoms with Gasteiger partial charge in [0.1, 0.15) is 5.82 Å². The molecule has 1 aromatic heterocycles. The molecule has 128 valence electrons. The van der Waals surface area contributed by atoms with Crippen molar-refractivity contribution >= 4 is 27.6 Å². The molecule has 1 fully saturated rings. The number of hydrogen-bond acceptors (Lipinski definition) is 3. The van der Waals surface area contributed by atoms with Crippen LogP contribution in [0.25, 0.3) is 11.1 Å². The summed E-state index contributed by atoms with van der Waals surface area (Å²) in [6.45, 7) is 2.97. The van der Waals surface area contributed by atoms with Crippen LogP contribution in [0.2, 0.25) is 5.02 Å². The van der Waals surface area contributed by atoms with E-state index >= 15 is 0 Å².